The minimum Gasteiger partial charge on any atom is -0.481 e. The van der Waals surface area contributed by atoms with Crippen LogP contribution in [0, 0.1) is 0 Å². The normalized spacial score (nSPS) is 15.6. The molecular weight excluding hydrogens is 912 g/mol. The summed E-state index contributed by atoms with van der Waals surface area (Å²) in [5.41, 5.74) is 0.848. The van der Waals surface area contributed by atoms with Gasteiger partial charge in [0.15, 0.2) is 0 Å². The first kappa shape index (κ1) is 54.7. The van der Waals surface area contributed by atoms with E-state index in [1.165, 1.54) is 0 Å². The highest BCUT2D eigenvalue weighted by Crippen LogP contribution is 2.15. The minimum absolute atomic E-state index is 0.0401. The molecule has 64 heavy (non-hydrogen) atoms. The molecule has 1 unspecified atom stereocenters. The van der Waals surface area contributed by atoms with Crippen LogP contribution in [0.15, 0.2) is 28.7 Å². The number of halogens is 1. The van der Waals surface area contributed by atoms with E-state index in [2.05, 4.69) is 31.9 Å². The van der Waals surface area contributed by atoms with E-state index in [1.54, 1.807) is 19.6 Å². The van der Waals surface area contributed by atoms with Gasteiger partial charge in [-0.15, -0.1) is 0 Å². The molecule has 0 bridgehead atoms. The monoisotopic (exact) mass is 972 g/mol. The molecule has 1 aliphatic rings. The molecule has 23 nitrogen and oxygen atoms in total. The van der Waals surface area contributed by atoms with Gasteiger partial charge in [-0.05, 0) is 56.2 Å². The Morgan fingerprint density at radius 2 is 1.02 bits per heavy atom. The Kier molecular flexibility index (Phi) is 25.5. The number of hydrogen-bond donors (Lipinski definition) is 9. The van der Waals surface area contributed by atoms with Gasteiger partial charge in [-0.3, -0.25) is 48.4 Å². The number of amides is 4. The van der Waals surface area contributed by atoms with Crippen LogP contribution < -0.4 is 16.0 Å². The Balaban J connectivity index is 1.96. The molecule has 2 atom stereocenters. The molecule has 0 saturated carbocycles. The van der Waals surface area contributed by atoms with E-state index in [0.29, 0.717) is 19.3 Å². The highest BCUT2D eigenvalue weighted by molar-refractivity contribution is 9.10. The van der Waals surface area contributed by atoms with Crippen molar-refractivity contribution in [2.45, 2.75) is 70.0 Å². The summed E-state index contributed by atoms with van der Waals surface area (Å²) in [6.07, 6.45) is 0.705. The quantitative estimate of drug-likeness (QED) is 0.0515. The van der Waals surface area contributed by atoms with Gasteiger partial charge >= 0.3 is 41.8 Å². The predicted octanol–water partition coefficient (Wildman–Crippen LogP) is -0.220. The van der Waals surface area contributed by atoms with Crippen molar-refractivity contribution in [1.82, 2.24) is 40.4 Å². The lowest BCUT2D eigenvalue weighted by atomic mass is 10.1. The second-order valence-corrected chi connectivity index (χ2v) is 16.3. The summed E-state index contributed by atoms with van der Waals surface area (Å²) in [6.45, 7) is 1.96. The van der Waals surface area contributed by atoms with Gasteiger partial charge in [0.25, 0.3) is 0 Å². The van der Waals surface area contributed by atoms with Crippen LogP contribution in [-0.4, -0.2) is 213 Å². The Bertz CT molecular complexity index is 1690. The highest BCUT2D eigenvalue weighted by Gasteiger charge is 2.26. The van der Waals surface area contributed by atoms with E-state index in [-0.39, 0.29) is 129 Å². The minimum atomic E-state index is -1.54. The number of carbonyl (C=O) groups is 9. The van der Waals surface area contributed by atoms with E-state index in [9.17, 15) is 68.7 Å². The molecule has 358 valence electrons. The van der Waals surface area contributed by atoms with Crippen molar-refractivity contribution in [3.8, 4) is 0 Å². The summed E-state index contributed by atoms with van der Waals surface area (Å²) in [6, 6.07) is 3.37. The topological polar surface area (TPSA) is 327 Å². The molecule has 1 fully saturated rings. The van der Waals surface area contributed by atoms with Gasteiger partial charge in [-0.25, -0.2) is 14.4 Å². The lowest BCUT2D eigenvalue weighted by Gasteiger charge is -2.32. The molecule has 24 heteroatoms. The van der Waals surface area contributed by atoms with E-state index in [1.807, 2.05) is 29.2 Å². The molecule has 1 aromatic rings. The number of carbonyl (C=O) groups excluding carboxylic acids is 3. The van der Waals surface area contributed by atoms with Crippen LogP contribution in [0.3, 0.4) is 0 Å². The number of benzene rings is 1. The van der Waals surface area contributed by atoms with Crippen molar-refractivity contribution in [2.75, 3.05) is 91.6 Å². The van der Waals surface area contributed by atoms with E-state index in [0.717, 1.165) is 10.0 Å². The maximum atomic E-state index is 13.5. The number of carboxylic acid groups (broad SMARTS) is 6. The maximum Gasteiger partial charge on any atom is 0.326 e. The second-order valence-electron chi connectivity index (χ2n) is 15.4. The third kappa shape index (κ3) is 24.4. The third-order valence-electron chi connectivity index (χ3n) is 10.2. The highest BCUT2D eigenvalue weighted by atomic mass is 79.9. The summed E-state index contributed by atoms with van der Waals surface area (Å²) in [5, 5.41) is 63.3. The summed E-state index contributed by atoms with van der Waals surface area (Å²) >= 11 is 3.39. The standard InChI is InChI=1S/C40H61BrN8O15/c41-29-9-7-28(8-10-29)23-49(14-4-2-5-30(38(60)61)43-40(64)44-31(39(62)63)11-12-34(52)53)33(51)6-1-3-13-42-32(50)24-45-15-17-46(25-35(54)55)19-21-48(27-37(58)59)22-20-47(18-16-45)26-36(56)57/h7-10,30-31H,1-6,11-27H2,(H,42,50)(H,52,53)(H,54,55)(H,56,57)(H,58,59)(H,60,61)(H,62,63)(H2,43,44,64)/t30-,31?/m0/s1. The van der Waals surface area contributed by atoms with Crippen LogP contribution in [0.4, 0.5) is 4.79 Å². The van der Waals surface area contributed by atoms with Crippen molar-refractivity contribution in [2.24, 2.45) is 0 Å². The van der Waals surface area contributed by atoms with Gasteiger partial charge in [-0.2, -0.15) is 0 Å². The average Bonchev–Trinajstić information content (AvgIpc) is 3.20. The molecule has 9 N–H and O–H groups in total. The zero-order valence-electron chi connectivity index (χ0n) is 35.7. The largest absolute Gasteiger partial charge is 0.481 e. The SMILES string of the molecule is O=C(O)CCC(NC(=O)N[C@@H](CCCCN(Cc1ccc(Br)cc1)C(=O)CCCCNC(=O)CN1CCN(CC(=O)O)CCN(CC(=O)O)CCN(CC(=O)O)CC1)C(=O)O)C(=O)O. The fourth-order valence-electron chi connectivity index (χ4n) is 6.73. The number of carboxylic acids is 6. The van der Waals surface area contributed by atoms with Gasteiger partial charge in [0.05, 0.1) is 26.2 Å². The van der Waals surface area contributed by atoms with Crippen molar-refractivity contribution < 1.29 is 73.8 Å². The molecule has 0 radical (unpaired) electrons. The van der Waals surface area contributed by atoms with E-state index < -0.39 is 66.8 Å². The summed E-state index contributed by atoms with van der Waals surface area (Å²) in [7, 11) is 0. The Hall–Kier alpha value is -5.43. The van der Waals surface area contributed by atoms with Gasteiger partial charge < -0.3 is 51.5 Å². The van der Waals surface area contributed by atoms with Gasteiger partial charge in [0.2, 0.25) is 11.8 Å². The summed E-state index contributed by atoms with van der Waals surface area (Å²) in [5.74, 6) is -7.76. The van der Waals surface area contributed by atoms with Crippen LogP contribution in [-0.2, 0) is 44.9 Å². The van der Waals surface area contributed by atoms with Crippen LogP contribution in [0.5, 0.6) is 0 Å². The van der Waals surface area contributed by atoms with Gasteiger partial charge in [0, 0.05) is 89.3 Å². The molecule has 1 aromatic carbocycles. The molecule has 2 rings (SSSR count). The summed E-state index contributed by atoms with van der Waals surface area (Å²) < 4.78 is 0.846. The number of urea groups is 1. The Labute approximate surface area is 378 Å². The lowest BCUT2D eigenvalue weighted by Crippen LogP contribution is -2.51. The van der Waals surface area contributed by atoms with Crippen LogP contribution in [0.25, 0.3) is 0 Å². The van der Waals surface area contributed by atoms with Gasteiger partial charge in [0.1, 0.15) is 12.1 Å². The number of hydrogen-bond acceptors (Lipinski definition) is 13. The predicted molar refractivity (Wildman–Crippen MR) is 230 cm³/mol. The van der Waals surface area contributed by atoms with Crippen molar-refractivity contribution >= 4 is 69.6 Å². The fraction of sp³-hybridized carbons (Fsp3) is 0.625. The lowest BCUT2D eigenvalue weighted by molar-refractivity contribution is -0.141. The van der Waals surface area contributed by atoms with Crippen molar-refractivity contribution in [1.29, 1.82) is 0 Å². The number of nitrogens with zero attached hydrogens (tertiary/aromatic N) is 5. The van der Waals surface area contributed by atoms with E-state index >= 15 is 0 Å². The smallest absolute Gasteiger partial charge is 0.326 e. The van der Waals surface area contributed by atoms with Gasteiger partial charge in [-0.1, -0.05) is 28.1 Å². The van der Waals surface area contributed by atoms with Crippen LogP contribution in [0.1, 0.15) is 56.9 Å². The molecule has 1 heterocycles. The number of nitrogens with one attached hydrogen (secondary N) is 3. The zero-order chi connectivity index (χ0) is 47.6. The van der Waals surface area contributed by atoms with Crippen LogP contribution >= 0.6 is 15.9 Å². The molecule has 0 aromatic heterocycles. The first-order valence-corrected chi connectivity index (χ1v) is 21.7. The first-order chi connectivity index (χ1) is 30.3. The van der Waals surface area contributed by atoms with E-state index in [4.69, 9.17) is 5.11 Å². The molecule has 4 amide bonds. The Morgan fingerprint density at radius 1 is 0.562 bits per heavy atom. The number of aliphatic carboxylic acids is 6. The molecule has 1 saturated heterocycles. The number of rotatable bonds is 27. The molecule has 1 aliphatic heterocycles. The second kappa shape index (κ2) is 29.8. The third-order valence-corrected chi connectivity index (χ3v) is 10.7. The van der Waals surface area contributed by atoms with Crippen molar-refractivity contribution in [3.05, 3.63) is 34.3 Å². The van der Waals surface area contributed by atoms with Crippen LogP contribution in [0.2, 0.25) is 0 Å². The average molecular weight is 974 g/mol. The maximum absolute atomic E-state index is 13.5. The van der Waals surface area contributed by atoms with Crippen molar-refractivity contribution in [3.63, 3.8) is 0 Å². The first-order valence-electron chi connectivity index (χ1n) is 20.9. The Morgan fingerprint density at radius 3 is 1.45 bits per heavy atom. The number of unbranched alkanes of at least 4 members (excludes halogenated alkanes) is 2. The zero-order valence-corrected chi connectivity index (χ0v) is 37.3. The fourth-order valence-corrected chi connectivity index (χ4v) is 6.99. The molecule has 0 spiro atoms. The molecular formula is C40H61BrN8O15. The molecule has 0 aliphatic carbocycles. The summed E-state index contributed by atoms with van der Waals surface area (Å²) in [4.78, 5) is 116.